The van der Waals surface area contributed by atoms with Gasteiger partial charge in [0, 0.05) is 21.1 Å². The lowest BCUT2D eigenvalue weighted by molar-refractivity contribution is -0.150. The predicted molar refractivity (Wildman–Crippen MR) is 112 cm³/mol. The van der Waals surface area contributed by atoms with E-state index in [1.807, 2.05) is 74.4 Å². The van der Waals surface area contributed by atoms with E-state index >= 15 is 0 Å². The maximum absolute atomic E-state index is 13.1. The van der Waals surface area contributed by atoms with Gasteiger partial charge in [0.15, 0.2) is 0 Å². The number of carbonyl (C=O) groups excluding carboxylic acids is 2. The second-order valence-corrected chi connectivity index (χ2v) is 10.4. The largest absolute Gasteiger partial charge is 0.457 e. The van der Waals surface area contributed by atoms with E-state index in [0.717, 1.165) is 9.75 Å². The molecule has 0 unspecified atom stereocenters. The average molecular weight is 406 g/mol. The van der Waals surface area contributed by atoms with Crippen LogP contribution in [0.5, 0.6) is 0 Å². The van der Waals surface area contributed by atoms with Crippen LogP contribution >= 0.6 is 11.3 Å². The Morgan fingerprint density at radius 1 is 0.857 bits per heavy atom. The highest BCUT2D eigenvalue weighted by Gasteiger charge is 2.40. The first-order chi connectivity index (χ1) is 12.7. The quantitative estimate of drug-likeness (QED) is 0.719. The SMILES string of the molecule is CC1=C(C(=O)OC(C)(C)C)C(c2ccc(C)s2)C(C(=O)OC(C)(C)C)=C(C)N1. The van der Waals surface area contributed by atoms with Crippen molar-refractivity contribution in [2.24, 2.45) is 0 Å². The Labute approximate surface area is 171 Å². The van der Waals surface area contributed by atoms with Crippen molar-refractivity contribution in [2.75, 3.05) is 0 Å². The number of esters is 2. The highest BCUT2D eigenvalue weighted by molar-refractivity contribution is 7.12. The lowest BCUT2D eigenvalue weighted by atomic mass is 9.84. The maximum atomic E-state index is 13.1. The molecule has 28 heavy (non-hydrogen) atoms. The van der Waals surface area contributed by atoms with Gasteiger partial charge in [-0.25, -0.2) is 9.59 Å². The second kappa shape index (κ2) is 7.74. The molecule has 1 aliphatic rings. The Hall–Kier alpha value is -2.08. The lowest BCUT2D eigenvalue weighted by Gasteiger charge is -2.32. The molecule has 0 amide bonds. The second-order valence-electron chi connectivity index (χ2n) is 9.09. The van der Waals surface area contributed by atoms with E-state index in [2.05, 4.69) is 5.32 Å². The third-order valence-corrected chi connectivity index (χ3v) is 5.11. The van der Waals surface area contributed by atoms with E-state index in [1.165, 1.54) is 0 Å². The summed E-state index contributed by atoms with van der Waals surface area (Å²) >= 11 is 1.56. The number of dihydropyridines is 1. The normalized spacial score (nSPS) is 16.2. The molecule has 0 spiro atoms. The first-order valence-corrected chi connectivity index (χ1v) is 10.2. The Kier molecular flexibility index (Phi) is 6.14. The first-order valence-electron chi connectivity index (χ1n) is 9.41. The number of carbonyl (C=O) groups is 2. The Morgan fingerprint density at radius 3 is 1.61 bits per heavy atom. The summed E-state index contributed by atoms with van der Waals surface area (Å²) < 4.78 is 11.3. The van der Waals surface area contributed by atoms with E-state index in [-0.39, 0.29) is 0 Å². The summed E-state index contributed by atoms with van der Waals surface area (Å²) in [4.78, 5) is 28.2. The third kappa shape index (κ3) is 5.25. The van der Waals surface area contributed by atoms with Crippen molar-refractivity contribution >= 4 is 23.3 Å². The first kappa shape index (κ1) is 22.2. The van der Waals surface area contributed by atoms with Gasteiger partial charge in [-0.15, -0.1) is 11.3 Å². The fraction of sp³-hybridized carbons (Fsp3) is 0.545. The molecule has 0 saturated carbocycles. The highest BCUT2D eigenvalue weighted by Crippen LogP contribution is 2.42. The van der Waals surface area contributed by atoms with Crippen LogP contribution in [0.4, 0.5) is 0 Å². The standard InChI is InChI=1S/C22H31NO4S/c1-12-10-11-15(28-12)18-16(19(24)26-21(4,5)6)13(2)23-14(3)17(18)20(25)27-22(7,8)9/h10-11,18,23H,1-9H3. The molecule has 154 valence electrons. The molecule has 0 aliphatic carbocycles. The van der Waals surface area contributed by atoms with Gasteiger partial charge in [-0.2, -0.15) is 0 Å². The van der Waals surface area contributed by atoms with Crippen molar-refractivity contribution in [3.63, 3.8) is 0 Å². The molecule has 0 saturated heterocycles. The number of aryl methyl sites for hydroxylation is 1. The minimum absolute atomic E-state index is 0.429. The average Bonchev–Trinajstić information content (AvgIpc) is 2.88. The maximum Gasteiger partial charge on any atom is 0.337 e. The zero-order valence-corrected chi connectivity index (χ0v) is 19.1. The molecule has 1 aromatic heterocycles. The number of hydrogen-bond acceptors (Lipinski definition) is 6. The number of hydrogen-bond donors (Lipinski definition) is 1. The van der Waals surface area contributed by atoms with Gasteiger partial charge in [0.05, 0.1) is 17.1 Å². The van der Waals surface area contributed by atoms with Crippen LogP contribution in [0.25, 0.3) is 0 Å². The molecule has 6 heteroatoms. The summed E-state index contributed by atoms with van der Waals surface area (Å²) in [6.07, 6.45) is 0. The van der Waals surface area contributed by atoms with Crippen LogP contribution in [-0.4, -0.2) is 23.1 Å². The van der Waals surface area contributed by atoms with Crippen molar-refractivity contribution in [3.8, 4) is 0 Å². The number of ether oxygens (including phenoxy) is 2. The summed E-state index contributed by atoms with van der Waals surface area (Å²) in [6, 6.07) is 3.96. The van der Waals surface area contributed by atoms with E-state index in [4.69, 9.17) is 9.47 Å². The predicted octanol–water partition coefficient (Wildman–Crippen LogP) is 4.97. The molecular formula is C22H31NO4S. The zero-order valence-electron chi connectivity index (χ0n) is 18.3. The van der Waals surface area contributed by atoms with Gasteiger partial charge in [0.1, 0.15) is 11.2 Å². The van der Waals surface area contributed by atoms with Gasteiger partial charge in [0.2, 0.25) is 0 Å². The topological polar surface area (TPSA) is 64.6 Å². The minimum atomic E-state index is -0.636. The van der Waals surface area contributed by atoms with E-state index < -0.39 is 29.1 Å². The van der Waals surface area contributed by atoms with E-state index in [1.54, 1.807) is 11.3 Å². The van der Waals surface area contributed by atoms with E-state index in [0.29, 0.717) is 22.5 Å². The molecule has 0 atom stereocenters. The number of nitrogens with one attached hydrogen (secondary N) is 1. The van der Waals surface area contributed by atoms with Crippen LogP contribution in [0.15, 0.2) is 34.7 Å². The molecule has 0 fully saturated rings. The van der Waals surface area contributed by atoms with Gasteiger partial charge in [-0.3, -0.25) is 0 Å². The summed E-state index contributed by atoms with van der Waals surface area (Å²) in [5.74, 6) is -1.38. The summed E-state index contributed by atoms with van der Waals surface area (Å²) in [5, 5.41) is 3.18. The molecule has 5 nitrogen and oxygen atoms in total. The minimum Gasteiger partial charge on any atom is -0.457 e. The molecule has 2 rings (SSSR count). The monoisotopic (exact) mass is 405 g/mol. The van der Waals surface area contributed by atoms with Gasteiger partial charge >= 0.3 is 11.9 Å². The van der Waals surface area contributed by atoms with Crippen LogP contribution in [0.2, 0.25) is 0 Å². The van der Waals surface area contributed by atoms with Gasteiger partial charge < -0.3 is 14.8 Å². The Balaban J connectivity index is 2.59. The highest BCUT2D eigenvalue weighted by atomic mass is 32.1. The van der Waals surface area contributed by atoms with Gasteiger partial charge in [-0.05, 0) is 74.4 Å². The van der Waals surface area contributed by atoms with Crippen molar-refractivity contribution in [3.05, 3.63) is 44.4 Å². The number of rotatable bonds is 3. The fourth-order valence-electron chi connectivity index (χ4n) is 3.09. The van der Waals surface area contributed by atoms with Gasteiger partial charge in [0.25, 0.3) is 0 Å². The van der Waals surface area contributed by atoms with Crippen LogP contribution in [0.3, 0.4) is 0 Å². The summed E-state index contributed by atoms with van der Waals surface area (Å²) in [7, 11) is 0. The van der Waals surface area contributed by atoms with Crippen molar-refractivity contribution in [1.29, 1.82) is 0 Å². The van der Waals surface area contributed by atoms with Crippen molar-refractivity contribution in [2.45, 2.75) is 79.4 Å². The Bertz CT molecular complexity index is 797. The molecule has 2 heterocycles. The van der Waals surface area contributed by atoms with Crippen molar-refractivity contribution < 1.29 is 19.1 Å². The lowest BCUT2D eigenvalue weighted by Crippen LogP contribution is -2.36. The van der Waals surface area contributed by atoms with Gasteiger partial charge in [-0.1, -0.05) is 0 Å². The van der Waals surface area contributed by atoms with Crippen LogP contribution in [-0.2, 0) is 19.1 Å². The number of thiophene rings is 1. The third-order valence-electron chi connectivity index (χ3n) is 4.04. The molecule has 1 N–H and O–H groups in total. The smallest absolute Gasteiger partial charge is 0.337 e. The summed E-state index contributed by atoms with van der Waals surface area (Å²) in [5.41, 5.74) is 1.00. The molecule has 1 aliphatic heterocycles. The van der Waals surface area contributed by atoms with E-state index in [9.17, 15) is 9.59 Å². The zero-order chi connectivity index (χ0) is 21.4. The fourth-order valence-corrected chi connectivity index (χ4v) is 4.09. The Morgan fingerprint density at radius 2 is 1.29 bits per heavy atom. The molecule has 1 aromatic rings. The number of allylic oxidation sites excluding steroid dienone is 2. The van der Waals surface area contributed by atoms with Crippen LogP contribution in [0, 0.1) is 6.92 Å². The molecule has 0 radical (unpaired) electrons. The van der Waals surface area contributed by atoms with Crippen LogP contribution in [0.1, 0.15) is 71.1 Å². The van der Waals surface area contributed by atoms with Crippen molar-refractivity contribution in [1.82, 2.24) is 5.32 Å². The summed E-state index contributed by atoms with van der Waals surface area (Å²) in [6.45, 7) is 16.7. The molecular weight excluding hydrogens is 374 g/mol. The molecule has 0 aromatic carbocycles. The molecule has 0 bridgehead atoms. The van der Waals surface area contributed by atoms with Crippen LogP contribution < -0.4 is 5.32 Å².